The summed E-state index contributed by atoms with van der Waals surface area (Å²) < 4.78 is 11.6. The van der Waals surface area contributed by atoms with Crippen LogP contribution < -0.4 is 5.56 Å². The van der Waals surface area contributed by atoms with Crippen molar-refractivity contribution >= 4 is 28.6 Å². The van der Waals surface area contributed by atoms with E-state index in [1.165, 1.54) is 23.4 Å². The van der Waals surface area contributed by atoms with Crippen LogP contribution in [-0.2, 0) is 16.1 Å². The van der Waals surface area contributed by atoms with Gasteiger partial charge in [0.1, 0.15) is 11.0 Å². The van der Waals surface area contributed by atoms with Crippen LogP contribution in [0.1, 0.15) is 12.7 Å². The van der Waals surface area contributed by atoms with Crippen molar-refractivity contribution in [2.75, 3.05) is 7.11 Å². The van der Waals surface area contributed by atoms with E-state index in [2.05, 4.69) is 4.98 Å². The Balaban J connectivity index is 2.10. The molecule has 0 saturated carbocycles. The van der Waals surface area contributed by atoms with Crippen molar-refractivity contribution < 1.29 is 13.9 Å². The van der Waals surface area contributed by atoms with Crippen LogP contribution in [0.15, 0.2) is 57.0 Å². The zero-order chi connectivity index (χ0) is 17.1. The molecule has 3 rings (SSSR count). The smallest absolute Gasteiger partial charge is 0.318 e. The van der Waals surface area contributed by atoms with Gasteiger partial charge in [-0.05, 0) is 31.2 Å². The number of esters is 1. The number of ether oxygens (including phenoxy) is 1. The zero-order valence-electron chi connectivity index (χ0n) is 13.3. The van der Waals surface area contributed by atoms with Gasteiger partial charge in [-0.25, -0.2) is 4.98 Å². The molecule has 0 aliphatic heterocycles. The molecule has 1 unspecified atom stereocenters. The lowest BCUT2D eigenvalue weighted by Crippen LogP contribution is -2.25. The summed E-state index contributed by atoms with van der Waals surface area (Å²) in [6, 6.07) is 10.7. The Bertz CT molecular complexity index is 918. The van der Waals surface area contributed by atoms with Gasteiger partial charge in [-0.1, -0.05) is 23.9 Å². The topological polar surface area (TPSA) is 74.3 Å². The van der Waals surface area contributed by atoms with Gasteiger partial charge in [0.2, 0.25) is 0 Å². The Morgan fingerprint density at radius 2 is 2.12 bits per heavy atom. The summed E-state index contributed by atoms with van der Waals surface area (Å²) in [7, 11) is 1.34. The van der Waals surface area contributed by atoms with Crippen LogP contribution in [0.2, 0.25) is 0 Å². The van der Waals surface area contributed by atoms with Crippen LogP contribution in [0.4, 0.5) is 0 Å². The standard InChI is InChI=1S/C17H16N2O4S/c1-11(16(21)22-2)24-17-18-14-8-4-3-7-13(14)15(20)19(17)10-12-6-5-9-23-12/h3-9,11H,10H2,1-2H3. The maximum atomic E-state index is 12.8. The number of hydrogen-bond donors (Lipinski definition) is 0. The van der Waals surface area contributed by atoms with Crippen molar-refractivity contribution in [2.24, 2.45) is 0 Å². The van der Waals surface area contributed by atoms with Crippen LogP contribution in [0.5, 0.6) is 0 Å². The lowest BCUT2D eigenvalue weighted by molar-refractivity contribution is -0.139. The van der Waals surface area contributed by atoms with Gasteiger partial charge < -0.3 is 9.15 Å². The number of benzene rings is 1. The Morgan fingerprint density at radius 3 is 2.83 bits per heavy atom. The second-order valence-corrected chi connectivity index (χ2v) is 6.47. The molecule has 24 heavy (non-hydrogen) atoms. The van der Waals surface area contributed by atoms with Crippen molar-refractivity contribution in [3.63, 3.8) is 0 Å². The largest absolute Gasteiger partial charge is 0.468 e. The molecular formula is C17H16N2O4S. The fraction of sp³-hybridized carbons (Fsp3) is 0.235. The SMILES string of the molecule is COC(=O)C(C)Sc1nc2ccccc2c(=O)n1Cc1ccco1. The van der Waals surface area contributed by atoms with Crippen LogP contribution in [0.3, 0.4) is 0 Å². The van der Waals surface area contributed by atoms with E-state index in [0.29, 0.717) is 21.8 Å². The maximum Gasteiger partial charge on any atom is 0.318 e. The first kappa shape index (κ1) is 16.3. The number of rotatable bonds is 5. The third-order valence-corrected chi connectivity index (χ3v) is 4.60. The number of para-hydroxylation sites is 1. The van der Waals surface area contributed by atoms with E-state index in [1.54, 1.807) is 43.5 Å². The van der Waals surface area contributed by atoms with E-state index in [4.69, 9.17) is 9.15 Å². The van der Waals surface area contributed by atoms with Crippen molar-refractivity contribution in [3.8, 4) is 0 Å². The highest BCUT2D eigenvalue weighted by Gasteiger charge is 2.20. The lowest BCUT2D eigenvalue weighted by Gasteiger charge is -2.14. The molecule has 2 heterocycles. The summed E-state index contributed by atoms with van der Waals surface area (Å²) in [6.45, 7) is 1.97. The Kier molecular flexibility index (Phi) is 4.71. The number of hydrogen-bond acceptors (Lipinski definition) is 6. The zero-order valence-corrected chi connectivity index (χ0v) is 14.1. The average Bonchev–Trinajstić information content (AvgIpc) is 3.10. The Morgan fingerprint density at radius 1 is 1.33 bits per heavy atom. The molecule has 6 nitrogen and oxygen atoms in total. The molecule has 0 aliphatic rings. The fourth-order valence-corrected chi connectivity index (χ4v) is 3.24. The van der Waals surface area contributed by atoms with Gasteiger partial charge in [0, 0.05) is 0 Å². The molecule has 0 fully saturated rings. The molecule has 1 atom stereocenters. The minimum absolute atomic E-state index is 0.170. The monoisotopic (exact) mass is 344 g/mol. The first-order chi connectivity index (χ1) is 11.6. The number of methoxy groups -OCH3 is 1. The van der Waals surface area contributed by atoms with E-state index in [-0.39, 0.29) is 18.1 Å². The highest BCUT2D eigenvalue weighted by molar-refractivity contribution is 8.00. The molecule has 0 radical (unpaired) electrons. The van der Waals surface area contributed by atoms with Crippen LogP contribution in [-0.4, -0.2) is 27.9 Å². The van der Waals surface area contributed by atoms with Gasteiger partial charge in [-0.2, -0.15) is 0 Å². The normalized spacial score (nSPS) is 12.2. The van der Waals surface area contributed by atoms with Gasteiger partial charge in [0.05, 0.1) is 30.8 Å². The van der Waals surface area contributed by atoms with Crippen LogP contribution >= 0.6 is 11.8 Å². The Hall–Kier alpha value is -2.54. The quantitative estimate of drug-likeness (QED) is 0.402. The van der Waals surface area contributed by atoms with E-state index in [0.717, 1.165) is 0 Å². The molecule has 2 aromatic heterocycles. The number of nitrogens with zero attached hydrogens (tertiary/aromatic N) is 2. The minimum Gasteiger partial charge on any atom is -0.468 e. The van der Waals surface area contributed by atoms with Gasteiger partial charge in [-0.15, -0.1) is 0 Å². The van der Waals surface area contributed by atoms with E-state index >= 15 is 0 Å². The average molecular weight is 344 g/mol. The van der Waals surface area contributed by atoms with Crippen molar-refractivity contribution in [1.29, 1.82) is 0 Å². The second-order valence-electron chi connectivity index (χ2n) is 5.17. The minimum atomic E-state index is -0.481. The third-order valence-electron chi connectivity index (χ3n) is 3.54. The van der Waals surface area contributed by atoms with E-state index in [1.807, 2.05) is 6.07 Å². The van der Waals surface area contributed by atoms with Crippen LogP contribution in [0.25, 0.3) is 10.9 Å². The molecule has 7 heteroatoms. The van der Waals surface area contributed by atoms with E-state index < -0.39 is 5.25 Å². The van der Waals surface area contributed by atoms with Crippen molar-refractivity contribution in [2.45, 2.75) is 23.9 Å². The first-order valence-corrected chi connectivity index (χ1v) is 8.24. The number of carbonyl (C=O) groups excluding carboxylic acids is 1. The molecule has 0 saturated heterocycles. The molecule has 3 aromatic rings. The van der Waals surface area contributed by atoms with Gasteiger partial charge in [0.25, 0.3) is 5.56 Å². The highest BCUT2D eigenvalue weighted by atomic mass is 32.2. The number of aromatic nitrogens is 2. The van der Waals surface area contributed by atoms with Gasteiger partial charge in [0.15, 0.2) is 5.16 Å². The van der Waals surface area contributed by atoms with Gasteiger partial charge in [-0.3, -0.25) is 14.2 Å². The molecule has 0 N–H and O–H groups in total. The second kappa shape index (κ2) is 6.92. The molecule has 124 valence electrons. The lowest BCUT2D eigenvalue weighted by atomic mass is 10.2. The molecule has 0 amide bonds. The first-order valence-electron chi connectivity index (χ1n) is 7.36. The number of fused-ring (bicyclic) bond motifs is 1. The van der Waals surface area contributed by atoms with Crippen molar-refractivity contribution in [1.82, 2.24) is 9.55 Å². The summed E-state index contributed by atoms with van der Waals surface area (Å²) in [5.41, 5.74) is 0.425. The predicted molar refractivity (Wildman–Crippen MR) is 91.1 cm³/mol. The summed E-state index contributed by atoms with van der Waals surface area (Å²) in [6.07, 6.45) is 1.55. The van der Waals surface area contributed by atoms with Gasteiger partial charge >= 0.3 is 5.97 Å². The van der Waals surface area contributed by atoms with Crippen molar-refractivity contribution in [3.05, 3.63) is 58.8 Å². The summed E-state index contributed by atoms with van der Waals surface area (Å²) in [4.78, 5) is 29.1. The molecular weight excluding hydrogens is 328 g/mol. The summed E-state index contributed by atoms with van der Waals surface area (Å²) >= 11 is 1.19. The number of carbonyl (C=O) groups is 1. The summed E-state index contributed by atoms with van der Waals surface area (Å²) in [5.74, 6) is 0.272. The third kappa shape index (κ3) is 3.21. The molecule has 1 aromatic carbocycles. The van der Waals surface area contributed by atoms with Crippen LogP contribution in [0, 0.1) is 0 Å². The predicted octanol–water partition coefficient (Wildman–Crippen LogP) is 2.69. The maximum absolute atomic E-state index is 12.8. The molecule has 0 aliphatic carbocycles. The fourth-order valence-electron chi connectivity index (χ4n) is 2.31. The highest BCUT2D eigenvalue weighted by Crippen LogP contribution is 2.24. The van der Waals surface area contributed by atoms with E-state index in [9.17, 15) is 9.59 Å². The summed E-state index contributed by atoms with van der Waals surface area (Å²) in [5, 5.41) is 0.498. The number of thioether (sulfide) groups is 1. The molecule has 0 spiro atoms. The Labute approximate surface area is 142 Å². The number of furan rings is 1. The molecule has 0 bridgehead atoms.